The topological polar surface area (TPSA) is 72.2 Å². The molecule has 31 heavy (non-hydrogen) atoms. The number of Topliss-reactive ketones (excluding diaryl/α,β-unsaturated/α-hetero) is 1. The second-order valence-corrected chi connectivity index (χ2v) is 9.51. The molecule has 3 aromatic rings. The zero-order valence-corrected chi connectivity index (χ0v) is 18.0. The number of nitrogens with one attached hydrogen (secondary N) is 1. The largest absolute Gasteiger partial charge is 0.358 e. The van der Waals surface area contributed by atoms with Gasteiger partial charge in [0.2, 0.25) is 0 Å². The molecular weight excluding hydrogens is 412 g/mol. The summed E-state index contributed by atoms with van der Waals surface area (Å²) in [5, 5.41) is 17.5. The maximum absolute atomic E-state index is 13.4. The van der Waals surface area contributed by atoms with Crippen LogP contribution in [0.4, 0.5) is 11.4 Å². The van der Waals surface area contributed by atoms with Crippen LogP contribution in [0, 0.1) is 15.5 Å². The lowest BCUT2D eigenvalue weighted by atomic mass is 9.68. The molecule has 156 valence electrons. The third kappa shape index (κ3) is 3.20. The van der Waals surface area contributed by atoms with Crippen molar-refractivity contribution in [2.24, 2.45) is 5.41 Å². The van der Waals surface area contributed by atoms with Crippen molar-refractivity contribution in [3.63, 3.8) is 0 Å². The Hall–Kier alpha value is -3.18. The predicted octanol–water partition coefficient (Wildman–Crippen LogP) is 6.60. The van der Waals surface area contributed by atoms with E-state index in [4.69, 9.17) is 11.6 Å². The molecule has 0 bridgehead atoms. The molecule has 5 nitrogen and oxygen atoms in total. The smallest absolute Gasteiger partial charge is 0.269 e. The average molecular weight is 433 g/mol. The highest BCUT2D eigenvalue weighted by Gasteiger charge is 2.42. The zero-order valence-electron chi connectivity index (χ0n) is 17.2. The summed E-state index contributed by atoms with van der Waals surface area (Å²) in [6.07, 6.45) is 1.15. The number of nitrogens with zero attached hydrogens (tertiary/aromatic N) is 1. The first-order chi connectivity index (χ1) is 14.7. The summed E-state index contributed by atoms with van der Waals surface area (Å²) in [5.74, 6) is -0.404. The van der Waals surface area contributed by atoms with Gasteiger partial charge >= 0.3 is 0 Å². The van der Waals surface area contributed by atoms with Crippen LogP contribution in [0.1, 0.15) is 43.7 Å². The minimum atomic E-state index is -0.464. The monoisotopic (exact) mass is 432 g/mol. The number of halogens is 1. The minimum Gasteiger partial charge on any atom is -0.358 e. The summed E-state index contributed by atoms with van der Waals surface area (Å²) in [7, 11) is 0. The highest BCUT2D eigenvalue weighted by molar-refractivity contribution is 6.31. The van der Waals surface area contributed by atoms with Gasteiger partial charge in [-0.1, -0.05) is 55.8 Å². The van der Waals surface area contributed by atoms with E-state index < -0.39 is 10.8 Å². The normalized spacial score (nSPS) is 19.6. The molecule has 0 saturated heterocycles. The lowest BCUT2D eigenvalue weighted by Crippen LogP contribution is -2.34. The van der Waals surface area contributed by atoms with Gasteiger partial charge in [0.1, 0.15) is 0 Å². The number of hydrogen-bond donors (Lipinski definition) is 1. The van der Waals surface area contributed by atoms with Gasteiger partial charge in [-0.3, -0.25) is 14.9 Å². The van der Waals surface area contributed by atoms with Crippen molar-refractivity contribution in [2.75, 3.05) is 5.32 Å². The van der Waals surface area contributed by atoms with Crippen LogP contribution in [-0.2, 0) is 4.79 Å². The molecule has 1 N–H and O–H groups in total. The first kappa shape index (κ1) is 19.8. The van der Waals surface area contributed by atoms with Gasteiger partial charge in [0.15, 0.2) is 5.78 Å². The molecule has 2 aliphatic rings. The van der Waals surface area contributed by atoms with Crippen molar-refractivity contribution in [3.05, 3.63) is 92.1 Å². The van der Waals surface area contributed by atoms with E-state index in [-0.39, 0.29) is 16.9 Å². The Morgan fingerprint density at radius 1 is 1.10 bits per heavy atom. The SMILES string of the molecule is CC1(C)CC(=O)C2=C(C1)Nc1ccc3ccccc3c1[C@@H]2c1cc([N+](=O)[O-])ccc1Cl. The maximum Gasteiger partial charge on any atom is 0.269 e. The summed E-state index contributed by atoms with van der Waals surface area (Å²) in [5.41, 5.74) is 3.81. The first-order valence-corrected chi connectivity index (χ1v) is 10.6. The van der Waals surface area contributed by atoms with Crippen LogP contribution in [0.3, 0.4) is 0 Å². The fourth-order valence-electron chi connectivity index (χ4n) is 4.98. The van der Waals surface area contributed by atoms with Crippen molar-refractivity contribution >= 4 is 39.5 Å². The number of benzene rings is 3. The zero-order chi connectivity index (χ0) is 21.9. The molecule has 3 aromatic carbocycles. The number of rotatable bonds is 2. The van der Waals surface area contributed by atoms with E-state index >= 15 is 0 Å². The fraction of sp³-hybridized carbons (Fsp3) is 0.240. The number of nitro benzene ring substituents is 1. The van der Waals surface area contributed by atoms with E-state index in [0.717, 1.165) is 34.1 Å². The lowest BCUT2D eigenvalue weighted by Gasteiger charge is -2.40. The number of carbonyl (C=O) groups excluding carboxylic acids is 1. The molecule has 0 amide bonds. The molecule has 0 unspecified atom stereocenters. The predicted molar refractivity (Wildman–Crippen MR) is 123 cm³/mol. The highest BCUT2D eigenvalue weighted by Crippen LogP contribution is 2.52. The van der Waals surface area contributed by atoms with Crippen molar-refractivity contribution in [1.29, 1.82) is 0 Å². The second kappa shape index (κ2) is 6.92. The molecule has 1 aliphatic carbocycles. The molecular formula is C25H21ClN2O3. The van der Waals surface area contributed by atoms with Crippen LogP contribution in [0.5, 0.6) is 0 Å². The van der Waals surface area contributed by atoms with E-state index in [1.807, 2.05) is 30.3 Å². The summed E-state index contributed by atoms with van der Waals surface area (Å²) < 4.78 is 0. The maximum atomic E-state index is 13.4. The van der Waals surface area contributed by atoms with Gasteiger partial charge in [-0.05, 0) is 45.9 Å². The van der Waals surface area contributed by atoms with Gasteiger partial charge in [-0.2, -0.15) is 0 Å². The number of anilines is 1. The van der Waals surface area contributed by atoms with E-state index in [1.165, 1.54) is 12.1 Å². The molecule has 0 radical (unpaired) electrons. The number of fused-ring (bicyclic) bond motifs is 3. The molecule has 0 fully saturated rings. The number of non-ortho nitro benzene ring substituents is 1. The second-order valence-electron chi connectivity index (χ2n) is 9.10. The van der Waals surface area contributed by atoms with Crippen LogP contribution in [0.2, 0.25) is 5.02 Å². The van der Waals surface area contributed by atoms with Crippen LogP contribution < -0.4 is 5.32 Å². The van der Waals surface area contributed by atoms with Crippen molar-refractivity contribution < 1.29 is 9.72 Å². The summed E-state index contributed by atoms with van der Waals surface area (Å²) in [6.45, 7) is 4.17. The Labute approximate surface area is 184 Å². The van der Waals surface area contributed by atoms with Gasteiger partial charge in [-0.15, -0.1) is 0 Å². The standard InChI is InChI=1S/C25H21ClN2O3/c1-25(2)12-20-24(21(29)13-25)23(17-11-15(28(30)31)8-9-18(17)26)22-16-6-4-3-5-14(16)7-10-19(22)27-20/h3-11,23,27H,12-13H2,1-2H3/t23-/m0/s1. The molecule has 5 rings (SSSR count). The van der Waals surface area contributed by atoms with E-state index in [1.54, 1.807) is 6.07 Å². The van der Waals surface area contributed by atoms with Gasteiger partial charge < -0.3 is 5.32 Å². The van der Waals surface area contributed by atoms with Crippen LogP contribution in [0.15, 0.2) is 65.9 Å². The summed E-state index contributed by atoms with van der Waals surface area (Å²) in [6, 6.07) is 16.5. The van der Waals surface area contributed by atoms with E-state index in [9.17, 15) is 14.9 Å². The van der Waals surface area contributed by atoms with Gasteiger partial charge in [0, 0.05) is 46.5 Å². The quantitative estimate of drug-likeness (QED) is 0.365. The van der Waals surface area contributed by atoms with E-state index in [2.05, 4.69) is 25.2 Å². The van der Waals surface area contributed by atoms with Gasteiger partial charge in [0.05, 0.1) is 4.92 Å². The number of allylic oxidation sites excluding steroid dienone is 2. The molecule has 1 atom stereocenters. The average Bonchev–Trinajstić information content (AvgIpc) is 2.71. The number of nitro groups is 1. The Morgan fingerprint density at radius 3 is 2.65 bits per heavy atom. The number of ketones is 1. The fourth-order valence-corrected chi connectivity index (χ4v) is 5.21. The van der Waals surface area contributed by atoms with Crippen LogP contribution in [0.25, 0.3) is 10.8 Å². The van der Waals surface area contributed by atoms with Crippen LogP contribution in [-0.4, -0.2) is 10.7 Å². The number of carbonyl (C=O) groups is 1. The van der Waals surface area contributed by atoms with E-state index in [0.29, 0.717) is 22.6 Å². The van der Waals surface area contributed by atoms with Gasteiger partial charge in [0.25, 0.3) is 5.69 Å². The van der Waals surface area contributed by atoms with Crippen molar-refractivity contribution in [3.8, 4) is 0 Å². The summed E-state index contributed by atoms with van der Waals surface area (Å²) in [4.78, 5) is 24.5. The van der Waals surface area contributed by atoms with Crippen molar-refractivity contribution in [1.82, 2.24) is 0 Å². The number of hydrogen-bond acceptors (Lipinski definition) is 4. The molecule has 0 aromatic heterocycles. The minimum absolute atomic E-state index is 0.0366. The molecule has 0 saturated carbocycles. The van der Waals surface area contributed by atoms with Crippen LogP contribution >= 0.6 is 11.6 Å². The highest BCUT2D eigenvalue weighted by atomic mass is 35.5. The lowest BCUT2D eigenvalue weighted by molar-refractivity contribution is -0.384. The Bertz CT molecular complexity index is 1310. The molecule has 0 spiro atoms. The third-order valence-electron chi connectivity index (χ3n) is 6.25. The third-order valence-corrected chi connectivity index (χ3v) is 6.60. The Kier molecular flexibility index (Phi) is 4.41. The van der Waals surface area contributed by atoms with Crippen molar-refractivity contribution in [2.45, 2.75) is 32.6 Å². The molecule has 1 heterocycles. The first-order valence-electron chi connectivity index (χ1n) is 10.2. The molecule has 6 heteroatoms. The van der Waals surface area contributed by atoms with Gasteiger partial charge in [-0.25, -0.2) is 0 Å². The summed E-state index contributed by atoms with van der Waals surface area (Å²) >= 11 is 6.61. The Morgan fingerprint density at radius 2 is 1.87 bits per heavy atom. The Balaban J connectivity index is 1.85. The molecule has 1 aliphatic heterocycles.